The Morgan fingerprint density at radius 2 is 2.41 bits per heavy atom. The Labute approximate surface area is 101 Å². The Bertz CT molecular complexity index is 370. The number of methoxy groups -OCH3 is 1. The van der Waals surface area contributed by atoms with Crippen LogP contribution in [0.3, 0.4) is 0 Å². The van der Waals surface area contributed by atoms with Gasteiger partial charge in [0.1, 0.15) is 17.7 Å². The third kappa shape index (κ3) is 3.41. The maximum absolute atomic E-state index is 13.0. The van der Waals surface area contributed by atoms with Gasteiger partial charge in [0.25, 0.3) is 0 Å². The van der Waals surface area contributed by atoms with Crippen molar-refractivity contribution in [1.29, 1.82) is 0 Å². The average molecular weight is 239 g/mol. The Morgan fingerprint density at radius 3 is 3.24 bits per heavy atom. The molecule has 1 atom stereocenters. The van der Waals surface area contributed by atoms with Gasteiger partial charge in [-0.1, -0.05) is 0 Å². The predicted molar refractivity (Wildman–Crippen MR) is 63.9 cm³/mol. The van der Waals surface area contributed by atoms with Gasteiger partial charge in [0.15, 0.2) is 0 Å². The highest BCUT2D eigenvalue weighted by Crippen LogP contribution is 2.28. The molecular formula is C13H18FNO2. The Balaban J connectivity index is 1.73. The second-order valence-electron chi connectivity index (χ2n) is 4.25. The molecule has 0 aliphatic carbocycles. The maximum Gasteiger partial charge on any atom is 0.123 e. The first-order valence-corrected chi connectivity index (χ1v) is 5.94. The zero-order valence-electron chi connectivity index (χ0n) is 10.0. The van der Waals surface area contributed by atoms with Gasteiger partial charge in [-0.2, -0.15) is 0 Å². The Morgan fingerprint density at radius 1 is 1.53 bits per heavy atom. The van der Waals surface area contributed by atoms with Crippen LogP contribution in [0, 0.1) is 5.82 Å². The van der Waals surface area contributed by atoms with Crippen molar-refractivity contribution in [2.45, 2.75) is 18.9 Å². The lowest BCUT2D eigenvalue weighted by Crippen LogP contribution is -2.31. The molecule has 17 heavy (non-hydrogen) atoms. The quantitative estimate of drug-likeness (QED) is 0.767. The third-order valence-corrected chi connectivity index (χ3v) is 2.84. The van der Waals surface area contributed by atoms with Gasteiger partial charge < -0.3 is 14.8 Å². The van der Waals surface area contributed by atoms with Crippen LogP contribution in [0.15, 0.2) is 18.2 Å². The summed E-state index contributed by atoms with van der Waals surface area (Å²) in [5.41, 5.74) is 0.966. The van der Waals surface area contributed by atoms with Gasteiger partial charge in [0, 0.05) is 32.2 Å². The summed E-state index contributed by atoms with van der Waals surface area (Å²) in [5, 5.41) is 3.31. The summed E-state index contributed by atoms with van der Waals surface area (Å²) in [6, 6.07) is 4.70. The first kappa shape index (κ1) is 12.3. The topological polar surface area (TPSA) is 30.5 Å². The van der Waals surface area contributed by atoms with Gasteiger partial charge >= 0.3 is 0 Å². The van der Waals surface area contributed by atoms with Crippen LogP contribution in [-0.4, -0.2) is 32.9 Å². The van der Waals surface area contributed by atoms with Crippen LogP contribution in [0.25, 0.3) is 0 Å². The molecule has 1 heterocycles. The van der Waals surface area contributed by atoms with E-state index in [0.717, 1.165) is 43.9 Å². The Kier molecular flexibility index (Phi) is 4.34. The minimum absolute atomic E-state index is 0.120. The highest BCUT2D eigenvalue weighted by Gasteiger charge is 2.22. The molecule has 1 aliphatic rings. The second-order valence-corrected chi connectivity index (χ2v) is 4.25. The monoisotopic (exact) mass is 239 g/mol. The maximum atomic E-state index is 13.0. The van der Waals surface area contributed by atoms with Crippen LogP contribution in [0.4, 0.5) is 4.39 Å². The van der Waals surface area contributed by atoms with E-state index in [0.29, 0.717) is 0 Å². The molecule has 0 spiro atoms. The number of halogens is 1. The zero-order chi connectivity index (χ0) is 12.1. The average Bonchev–Trinajstić information content (AvgIpc) is 2.70. The molecule has 2 rings (SSSR count). The van der Waals surface area contributed by atoms with Crippen LogP contribution < -0.4 is 10.1 Å². The molecule has 0 saturated carbocycles. The molecule has 0 fully saturated rings. The molecule has 1 aliphatic heterocycles. The van der Waals surface area contributed by atoms with Crippen LogP contribution in [-0.2, 0) is 11.2 Å². The van der Waals surface area contributed by atoms with Crippen LogP contribution in [0.5, 0.6) is 5.75 Å². The van der Waals surface area contributed by atoms with Crippen molar-refractivity contribution in [2.75, 3.05) is 26.8 Å². The largest absolute Gasteiger partial charge is 0.488 e. The van der Waals surface area contributed by atoms with Crippen molar-refractivity contribution < 1.29 is 13.9 Å². The first-order chi connectivity index (χ1) is 8.29. The highest BCUT2D eigenvalue weighted by molar-refractivity contribution is 5.37. The number of benzene rings is 1. The van der Waals surface area contributed by atoms with Crippen molar-refractivity contribution in [3.8, 4) is 5.75 Å². The molecule has 1 N–H and O–H groups in total. The fourth-order valence-electron chi connectivity index (χ4n) is 2.01. The van der Waals surface area contributed by atoms with Gasteiger partial charge in [0.2, 0.25) is 0 Å². The van der Waals surface area contributed by atoms with Crippen molar-refractivity contribution in [2.24, 2.45) is 0 Å². The molecule has 3 nitrogen and oxygen atoms in total. The van der Waals surface area contributed by atoms with Crippen molar-refractivity contribution >= 4 is 0 Å². The molecule has 0 amide bonds. The van der Waals surface area contributed by atoms with E-state index in [1.807, 2.05) is 0 Å². The summed E-state index contributed by atoms with van der Waals surface area (Å²) < 4.78 is 23.7. The van der Waals surface area contributed by atoms with E-state index in [-0.39, 0.29) is 11.9 Å². The number of fused-ring (bicyclic) bond motifs is 1. The van der Waals surface area contributed by atoms with Gasteiger partial charge in [-0.3, -0.25) is 0 Å². The van der Waals surface area contributed by atoms with E-state index in [1.165, 1.54) is 6.07 Å². The molecule has 1 aromatic rings. The molecular weight excluding hydrogens is 221 g/mol. The molecule has 1 unspecified atom stereocenters. The van der Waals surface area contributed by atoms with Crippen molar-refractivity contribution in [3.05, 3.63) is 29.6 Å². The summed E-state index contributed by atoms with van der Waals surface area (Å²) in [4.78, 5) is 0. The summed E-state index contributed by atoms with van der Waals surface area (Å²) >= 11 is 0. The lowest BCUT2D eigenvalue weighted by molar-refractivity contribution is 0.189. The molecule has 0 saturated heterocycles. The number of ether oxygens (including phenoxy) is 2. The fourth-order valence-corrected chi connectivity index (χ4v) is 2.01. The number of rotatable bonds is 6. The molecule has 1 aromatic carbocycles. The van der Waals surface area contributed by atoms with Crippen molar-refractivity contribution in [3.63, 3.8) is 0 Å². The van der Waals surface area contributed by atoms with E-state index in [1.54, 1.807) is 19.2 Å². The second kappa shape index (κ2) is 5.98. The number of nitrogens with one attached hydrogen (secondary N) is 1. The fraction of sp³-hybridized carbons (Fsp3) is 0.538. The minimum Gasteiger partial charge on any atom is -0.488 e. The van der Waals surface area contributed by atoms with E-state index in [2.05, 4.69) is 5.32 Å². The SMILES string of the molecule is COCCCNCC1Cc2cc(F)ccc2O1. The molecule has 0 radical (unpaired) electrons. The normalized spacial score (nSPS) is 17.9. The summed E-state index contributed by atoms with van der Waals surface area (Å²) in [6.07, 6.45) is 1.89. The van der Waals surface area contributed by atoms with E-state index in [4.69, 9.17) is 9.47 Å². The molecule has 4 heteroatoms. The van der Waals surface area contributed by atoms with Crippen LogP contribution >= 0.6 is 0 Å². The summed E-state index contributed by atoms with van der Waals surface area (Å²) in [7, 11) is 1.70. The first-order valence-electron chi connectivity index (χ1n) is 5.94. The van der Waals surface area contributed by atoms with Crippen LogP contribution in [0.2, 0.25) is 0 Å². The highest BCUT2D eigenvalue weighted by atomic mass is 19.1. The number of hydrogen-bond acceptors (Lipinski definition) is 3. The van der Waals surface area contributed by atoms with E-state index >= 15 is 0 Å². The summed E-state index contributed by atoms with van der Waals surface area (Å²) in [5.74, 6) is 0.621. The standard InChI is InChI=1S/C13H18FNO2/c1-16-6-2-5-15-9-12-8-10-7-11(14)3-4-13(10)17-12/h3-4,7,12,15H,2,5-6,8-9H2,1H3. The zero-order valence-corrected chi connectivity index (χ0v) is 10.0. The minimum atomic E-state index is -0.193. The predicted octanol–water partition coefficient (Wildman–Crippen LogP) is 1.76. The molecule has 0 aromatic heterocycles. The smallest absolute Gasteiger partial charge is 0.123 e. The molecule has 94 valence electrons. The lowest BCUT2D eigenvalue weighted by atomic mass is 10.1. The van der Waals surface area contributed by atoms with Crippen molar-refractivity contribution in [1.82, 2.24) is 5.32 Å². The third-order valence-electron chi connectivity index (χ3n) is 2.84. The van der Waals surface area contributed by atoms with Gasteiger partial charge in [-0.05, 0) is 31.2 Å². The lowest BCUT2D eigenvalue weighted by Gasteiger charge is -2.11. The van der Waals surface area contributed by atoms with Gasteiger partial charge in [0.05, 0.1) is 0 Å². The molecule has 0 bridgehead atoms. The van der Waals surface area contributed by atoms with Gasteiger partial charge in [-0.15, -0.1) is 0 Å². The van der Waals surface area contributed by atoms with E-state index < -0.39 is 0 Å². The number of hydrogen-bond donors (Lipinski definition) is 1. The van der Waals surface area contributed by atoms with E-state index in [9.17, 15) is 4.39 Å². The Hall–Kier alpha value is -1.13. The van der Waals surface area contributed by atoms with Gasteiger partial charge in [-0.25, -0.2) is 4.39 Å². The van der Waals surface area contributed by atoms with Crippen LogP contribution in [0.1, 0.15) is 12.0 Å². The summed E-state index contributed by atoms with van der Waals surface area (Å²) in [6.45, 7) is 2.47.